The van der Waals surface area contributed by atoms with Crippen molar-refractivity contribution < 1.29 is 4.79 Å². The Hall–Kier alpha value is -1.06. The minimum Gasteiger partial charge on any atom is -0.387 e. The molecule has 0 radical (unpaired) electrons. The van der Waals surface area contributed by atoms with Crippen molar-refractivity contribution in [3.05, 3.63) is 0 Å². The molecule has 46 valence electrons. The van der Waals surface area contributed by atoms with Crippen LogP contribution in [-0.2, 0) is 4.79 Å². The first-order valence-corrected chi connectivity index (χ1v) is 2.19. The van der Waals surface area contributed by atoms with E-state index in [0.717, 1.165) is 0 Å². The van der Waals surface area contributed by atoms with Crippen LogP contribution in [0.15, 0.2) is 0 Å². The Kier molecular flexibility index (Phi) is 1.99. The molecule has 0 bridgehead atoms. The predicted octanol–water partition coefficient (Wildman–Crippen LogP) is -0.956. The summed E-state index contributed by atoms with van der Waals surface area (Å²) in [5, 5.41) is 6.71. The van der Waals surface area contributed by atoms with Gasteiger partial charge in [-0.15, -0.1) is 0 Å². The van der Waals surface area contributed by atoms with Gasteiger partial charge >= 0.3 is 0 Å². The zero-order chi connectivity index (χ0) is 6.73. The topological polar surface area (TPSA) is 93.0 Å². The van der Waals surface area contributed by atoms with E-state index in [0.29, 0.717) is 0 Å². The second-order valence-electron chi connectivity index (χ2n) is 1.58. The first-order chi connectivity index (χ1) is 3.55. The fourth-order valence-corrected chi connectivity index (χ4v) is 0.153. The molecule has 0 saturated heterocycles. The van der Waals surface area contributed by atoms with Crippen LogP contribution in [0.25, 0.3) is 0 Å². The quantitative estimate of drug-likeness (QED) is 0.319. The van der Waals surface area contributed by atoms with Crippen LogP contribution in [0, 0.1) is 11.3 Å². The van der Waals surface area contributed by atoms with Gasteiger partial charge in [0.05, 0.1) is 5.92 Å². The van der Waals surface area contributed by atoms with Gasteiger partial charge in [0, 0.05) is 0 Å². The van der Waals surface area contributed by atoms with Crippen molar-refractivity contribution in [2.45, 2.75) is 6.92 Å². The van der Waals surface area contributed by atoms with Gasteiger partial charge in [0.15, 0.2) is 0 Å². The maximum atomic E-state index is 10.1. The Labute approximate surface area is 47.4 Å². The number of primary amides is 1. The zero-order valence-corrected chi connectivity index (χ0v) is 4.64. The van der Waals surface area contributed by atoms with Crippen LogP contribution in [0.3, 0.4) is 0 Å². The average molecular weight is 115 g/mol. The monoisotopic (exact) mass is 115 g/mol. The van der Waals surface area contributed by atoms with Crippen LogP contribution < -0.4 is 11.5 Å². The van der Waals surface area contributed by atoms with Gasteiger partial charge in [-0.3, -0.25) is 10.2 Å². The lowest BCUT2D eigenvalue weighted by atomic mass is 10.1. The summed E-state index contributed by atoms with van der Waals surface area (Å²) in [5.41, 5.74) is 9.70. The summed E-state index contributed by atoms with van der Waals surface area (Å²) >= 11 is 0. The summed E-state index contributed by atoms with van der Waals surface area (Å²) in [6.07, 6.45) is 0. The molecule has 0 heterocycles. The molecule has 1 atom stereocenters. The van der Waals surface area contributed by atoms with E-state index in [2.05, 4.69) is 0 Å². The third-order valence-corrected chi connectivity index (χ3v) is 0.893. The van der Waals surface area contributed by atoms with Crippen LogP contribution in [0.4, 0.5) is 0 Å². The number of nitrogens with one attached hydrogen (secondary N) is 1. The molecule has 5 N–H and O–H groups in total. The molecule has 1 amide bonds. The summed E-state index contributed by atoms with van der Waals surface area (Å²) in [6.45, 7) is 1.49. The smallest absolute Gasteiger partial charge is 0.227 e. The Morgan fingerprint density at radius 1 is 1.62 bits per heavy atom. The third kappa shape index (κ3) is 1.59. The predicted molar refractivity (Wildman–Crippen MR) is 30.3 cm³/mol. The second kappa shape index (κ2) is 2.30. The Morgan fingerprint density at radius 2 is 2.00 bits per heavy atom. The van der Waals surface area contributed by atoms with Gasteiger partial charge in [-0.25, -0.2) is 0 Å². The second-order valence-corrected chi connectivity index (χ2v) is 1.58. The molecule has 0 fully saturated rings. The van der Waals surface area contributed by atoms with Gasteiger partial charge in [-0.05, 0) is 6.92 Å². The Balaban J connectivity index is 3.83. The molecule has 0 spiro atoms. The van der Waals surface area contributed by atoms with Gasteiger partial charge in [-0.1, -0.05) is 0 Å². The molecule has 0 rings (SSSR count). The van der Waals surface area contributed by atoms with Gasteiger partial charge in [0.25, 0.3) is 0 Å². The zero-order valence-electron chi connectivity index (χ0n) is 4.64. The summed E-state index contributed by atoms with van der Waals surface area (Å²) in [6, 6.07) is 0. The fraction of sp³-hybridized carbons (Fsp3) is 0.500. The molecule has 4 nitrogen and oxygen atoms in total. The van der Waals surface area contributed by atoms with Gasteiger partial charge < -0.3 is 11.5 Å². The number of carbonyl (C=O) groups is 1. The van der Waals surface area contributed by atoms with E-state index >= 15 is 0 Å². The van der Waals surface area contributed by atoms with E-state index in [9.17, 15) is 4.79 Å². The van der Waals surface area contributed by atoms with E-state index in [1.165, 1.54) is 6.92 Å². The fourth-order valence-electron chi connectivity index (χ4n) is 0.153. The van der Waals surface area contributed by atoms with E-state index in [1.54, 1.807) is 0 Å². The average Bonchev–Trinajstić information content (AvgIpc) is 1.64. The minimum absolute atomic E-state index is 0.183. The first kappa shape index (κ1) is 6.94. The van der Waals surface area contributed by atoms with Crippen molar-refractivity contribution in [2.75, 3.05) is 0 Å². The highest BCUT2D eigenvalue weighted by atomic mass is 16.1. The van der Waals surface area contributed by atoms with E-state index < -0.39 is 11.8 Å². The summed E-state index contributed by atoms with van der Waals surface area (Å²) in [7, 11) is 0. The minimum atomic E-state index is -0.630. The highest BCUT2D eigenvalue weighted by Crippen LogP contribution is 1.88. The highest BCUT2D eigenvalue weighted by Gasteiger charge is 2.09. The van der Waals surface area contributed by atoms with Gasteiger partial charge in [-0.2, -0.15) is 0 Å². The van der Waals surface area contributed by atoms with Gasteiger partial charge in [0.2, 0.25) is 5.91 Å². The SMILES string of the molecule is CC(C(=N)N)C(N)=O. The molecule has 0 saturated carbocycles. The van der Waals surface area contributed by atoms with E-state index in [1.807, 2.05) is 0 Å². The van der Waals surface area contributed by atoms with Crippen molar-refractivity contribution in [3.8, 4) is 0 Å². The number of hydrogen-bond donors (Lipinski definition) is 3. The number of hydrogen-bond acceptors (Lipinski definition) is 2. The lowest BCUT2D eigenvalue weighted by Crippen LogP contribution is -2.32. The molecule has 0 aromatic heterocycles. The van der Waals surface area contributed by atoms with Gasteiger partial charge in [0.1, 0.15) is 5.84 Å². The molecule has 0 aromatic rings. The maximum Gasteiger partial charge on any atom is 0.227 e. The normalized spacial score (nSPS) is 12.6. The van der Waals surface area contributed by atoms with Crippen LogP contribution in [0.5, 0.6) is 0 Å². The molecule has 4 heteroatoms. The number of rotatable bonds is 2. The molecule has 1 unspecified atom stereocenters. The first-order valence-electron chi connectivity index (χ1n) is 2.19. The molecule has 8 heavy (non-hydrogen) atoms. The van der Waals surface area contributed by atoms with E-state index in [4.69, 9.17) is 16.9 Å². The molecule has 0 aliphatic heterocycles. The molecule has 0 aliphatic rings. The number of nitrogens with two attached hydrogens (primary N) is 2. The Morgan fingerprint density at radius 3 is 2.00 bits per heavy atom. The number of carbonyl (C=O) groups excluding carboxylic acids is 1. The van der Waals surface area contributed by atoms with Crippen molar-refractivity contribution in [1.82, 2.24) is 0 Å². The summed E-state index contributed by atoms with van der Waals surface area (Å²) in [5.74, 6) is -1.37. The van der Waals surface area contributed by atoms with Crippen LogP contribution in [-0.4, -0.2) is 11.7 Å². The standard InChI is InChI=1S/C4H9N3O/c1-2(3(5)6)4(7)8/h2H,1H3,(H3,5,6)(H2,7,8). The van der Waals surface area contributed by atoms with Crippen molar-refractivity contribution in [1.29, 1.82) is 5.41 Å². The van der Waals surface area contributed by atoms with Crippen molar-refractivity contribution in [3.63, 3.8) is 0 Å². The molecular formula is C4H9N3O. The molecule has 0 aliphatic carbocycles. The number of amides is 1. The van der Waals surface area contributed by atoms with Crippen molar-refractivity contribution >= 4 is 11.7 Å². The van der Waals surface area contributed by atoms with Crippen molar-refractivity contribution in [2.24, 2.45) is 17.4 Å². The molecule has 0 aromatic carbocycles. The number of amidine groups is 1. The van der Waals surface area contributed by atoms with E-state index in [-0.39, 0.29) is 5.84 Å². The largest absolute Gasteiger partial charge is 0.387 e. The lowest BCUT2D eigenvalue weighted by molar-refractivity contribution is -0.119. The summed E-state index contributed by atoms with van der Waals surface area (Å²) < 4.78 is 0. The maximum absolute atomic E-state index is 10.1. The third-order valence-electron chi connectivity index (χ3n) is 0.893. The van der Waals surface area contributed by atoms with Crippen LogP contribution in [0.1, 0.15) is 6.92 Å². The van der Waals surface area contributed by atoms with Crippen LogP contribution in [0.2, 0.25) is 0 Å². The highest BCUT2D eigenvalue weighted by molar-refractivity contribution is 5.99. The lowest BCUT2D eigenvalue weighted by Gasteiger charge is -2.00. The molecular weight excluding hydrogens is 106 g/mol. The Bertz CT molecular complexity index is 106. The summed E-state index contributed by atoms with van der Waals surface area (Å²) in [4.78, 5) is 10.1. The van der Waals surface area contributed by atoms with Crippen LogP contribution >= 0.6 is 0 Å².